The molecule has 0 radical (unpaired) electrons. The Bertz CT molecular complexity index is 792. The van der Waals surface area contributed by atoms with E-state index in [0.29, 0.717) is 17.9 Å². The van der Waals surface area contributed by atoms with E-state index in [1.165, 1.54) is 22.8 Å². The number of carbonyl (C=O) groups is 1. The molecule has 1 fully saturated rings. The molecule has 0 bridgehead atoms. The SMILES string of the molecule is Nc1ncnc2c1nnn2[C@@H]1O[C@H](CSCC[C@H](N)C(=O)O)[C@@H](O)[C@H]1O.O. The zero-order chi connectivity index (χ0) is 18.8. The molecule has 1 aliphatic heterocycles. The second kappa shape index (κ2) is 8.73. The van der Waals surface area contributed by atoms with E-state index < -0.39 is 36.6 Å². The van der Waals surface area contributed by atoms with Crippen molar-refractivity contribution >= 4 is 34.7 Å². The molecule has 0 amide bonds. The summed E-state index contributed by atoms with van der Waals surface area (Å²) in [6.07, 6.45) is -2.48. The van der Waals surface area contributed by atoms with Crippen LogP contribution in [0.1, 0.15) is 12.6 Å². The third-order valence-corrected chi connectivity index (χ3v) is 5.13. The molecule has 1 saturated heterocycles. The van der Waals surface area contributed by atoms with Gasteiger partial charge in [-0.15, -0.1) is 5.10 Å². The maximum atomic E-state index is 10.7. The summed E-state index contributed by atoms with van der Waals surface area (Å²) in [5.74, 6) is -0.0736. The van der Waals surface area contributed by atoms with E-state index in [4.69, 9.17) is 21.3 Å². The summed E-state index contributed by atoms with van der Waals surface area (Å²) in [4.78, 5) is 18.5. The Morgan fingerprint density at radius 2 is 2.11 bits per heavy atom. The lowest BCUT2D eigenvalue weighted by molar-refractivity contribution is -0.138. The maximum absolute atomic E-state index is 10.7. The molecule has 3 heterocycles. The molecule has 0 unspecified atom stereocenters. The van der Waals surface area contributed by atoms with Crippen molar-refractivity contribution in [1.82, 2.24) is 25.0 Å². The van der Waals surface area contributed by atoms with Crippen LogP contribution in [-0.4, -0.2) is 87.6 Å². The lowest BCUT2D eigenvalue weighted by Gasteiger charge is -2.14. The summed E-state index contributed by atoms with van der Waals surface area (Å²) in [6, 6.07) is -0.929. The molecule has 13 nitrogen and oxygen atoms in total. The number of hydrogen-bond acceptors (Lipinski definition) is 11. The molecule has 14 heteroatoms. The molecule has 9 N–H and O–H groups in total. The van der Waals surface area contributed by atoms with Crippen LogP contribution in [0.3, 0.4) is 0 Å². The van der Waals surface area contributed by atoms with Crippen LogP contribution >= 0.6 is 11.8 Å². The molecule has 1 aliphatic rings. The maximum Gasteiger partial charge on any atom is 0.320 e. The topological polar surface area (TPSA) is 227 Å². The van der Waals surface area contributed by atoms with Crippen molar-refractivity contribution in [3.05, 3.63) is 6.33 Å². The number of hydrogen-bond donors (Lipinski definition) is 5. The van der Waals surface area contributed by atoms with Gasteiger partial charge in [0.25, 0.3) is 0 Å². The van der Waals surface area contributed by atoms with Crippen molar-refractivity contribution < 1.29 is 30.3 Å². The molecular weight excluding hydrogens is 382 g/mol. The molecule has 0 saturated carbocycles. The van der Waals surface area contributed by atoms with Crippen molar-refractivity contribution in [2.24, 2.45) is 5.73 Å². The highest BCUT2D eigenvalue weighted by Gasteiger charge is 2.44. The first-order valence-electron chi connectivity index (χ1n) is 7.79. The summed E-state index contributed by atoms with van der Waals surface area (Å²) in [6.45, 7) is 0. The van der Waals surface area contributed by atoms with Crippen LogP contribution in [0.25, 0.3) is 11.2 Å². The van der Waals surface area contributed by atoms with Gasteiger partial charge in [0.1, 0.15) is 24.6 Å². The molecule has 0 spiro atoms. The number of nitrogens with two attached hydrogens (primary N) is 2. The van der Waals surface area contributed by atoms with E-state index in [-0.39, 0.29) is 22.5 Å². The van der Waals surface area contributed by atoms with Crippen LogP contribution in [0, 0.1) is 0 Å². The van der Waals surface area contributed by atoms with Gasteiger partial charge in [0.15, 0.2) is 23.2 Å². The number of aliphatic hydroxyl groups is 2. The minimum absolute atomic E-state index is 0. The number of rotatable bonds is 7. The monoisotopic (exact) mass is 403 g/mol. The van der Waals surface area contributed by atoms with Crippen molar-refractivity contribution in [3.63, 3.8) is 0 Å². The number of fused-ring (bicyclic) bond motifs is 1. The Labute approximate surface area is 157 Å². The Morgan fingerprint density at radius 1 is 1.37 bits per heavy atom. The summed E-state index contributed by atoms with van der Waals surface area (Å²) < 4.78 is 6.98. The molecule has 0 aromatic carbocycles. The van der Waals surface area contributed by atoms with E-state index in [1.807, 2.05) is 0 Å². The molecular formula is C13H21N7O6S. The fourth-order valence-corrected chi connectivity index (χ4v) is 3.65. The van der Waals surface area contributed by atoms with Crippen molar-refractivity contribution in [1.29, 1.82) is 0 Å². The number of nitrogens with zero attached hydrogens (tertiary/aromatic N) is 5. The van der Waals surface area contributed by atoms with Crippen molar-refractivity contribution in [2.75, 3.05) is 17.2 Å². The lowest BCUT2D eigenvalue weighted by Crippen LogP contribution is -2.33. The van der Waals surface area contributed by atoms with Gasteiger partial charge in [-0.1, -0.05) is 5.21 Å². The van der Waals surface area contributed by atoms with Crippen molar-refractivity contribution in [3.8, 4) is 0 Å². The predicted molar refractivity (Wildman–Crippen MR) is 94.6 cm³/mol. The van der Waals surface area contributed by atoms with Crippen LogP contribution < -0.4 is 11.5 Å². The first-order valence-corrected chi connectivity index (χ1v) is 8.94. The molecule has 27 heavy (non-hydrogen) atoms. The van der Waals surface area contributed by atoms with E-state index in [9.17, 15) is 15.0 Å². The zero-order valence-corrected chi connectivity index (χ0v) is 14.9. The van der Waals surface area contributed by atoms with E-state index in [1.54, 1.807) is 0 Å². The highest BCUT2D eigenvalue weighted by Crippen LogP contribution is 2.32. The molecule has 150 valence electrons. The van der Waals surface area contributed by atoms with Gasteiger partial charge in [-0.2, -0.15) is 16.4 Å². The van der Waals surface area contributed by atoms with E-state index >= 15 is 0 Å². The molecule has 0 aliphatic carbocycles. The average molecular weight is 403 g/mol. The van der Waals surface area contributed by atoms with Crippen LogP contribution in [0.5, 0.6) is 0 Å². The number of aliphatic hydroxyl groups excluding tert-OH is 2. The molecule has 2 aromatic rings. The van der Waals surface area contributed by atoms with Gasteiger partial charge in [0, 0.05) is 5.75 Å². The number of thioether (sulfide) groups is 1. The first kappa shape index (κ1) is 21.2. The van der Waals surface area contributed by atoms with Gasteiger partial charge in [0.05, 0.1) is 6.10 Å². The van der Waals surface area contributed by atoms with Gasteiger partial charge < -0.3 is 37.0 Å². The molecule has 5 atom stereocenters. The van der Waals surface area contributed by atoms with Gasteiger partial charge in [-0.25, -0.2) is 9.97 Å². The number of nitrogen functional groups attached to an aromatic ring is 1. The lowest BCUT2D eigenvalue weighted by atomic mass is 10.1. The number of ether oxygens (including phenoxy) is 1. The number of anilines is 1. The van der Waals surface area contributed by atoms with E-state index in [2.05, 4.69) is 20.3 Å². The Morgan fingerprint density at radius 3 is 2.81 bits per heavy atom. The van der Waals surface area contributed by atoms with Crippen LogP contribution in [0.4, 0.5) is 5.82 Å². The Balaban J connectivity index is 0.00000261. The Kier molecular flexibility index (Phi) is 6.85. The summed E-state index contributed by atoms with van der Waals surface area (Å²) in [5.41, 5.74) is 11.7. The van der Waals surface area contributed by atoms with Crippen LogP contribution in [0.15, 0.2) is 6.33 Å². The average Bonchev–Trinajstić information content (AvgIpc) is 3.15. The fraction of sp³-hybridized carbons (Fsp3) is 0.615. The number of aromatic nitrogens is 5. The molecule has 3 rings (SSSR count). The largest absolute Gasteiger partial charge is 0.480 e. The van der Waals surface area contributed by atoms with Crippen LogP contribution in [-0.2, 0) is 9.53 Å². The smallest absolute Gasteiger partial charge is 0.320 e. The summed E-state index contributed by atoms with van der Waals surface area (Å²) >= 11 is 1.38. The third kappa shape index (κ3) is 4.26. The normalized spacial score (nSPS) is 26.0. The van der Waals surface area contributed by atoms with Crippen LogP contribution in [0.2, 0.25) is 0 Å². The highest BCUT2D eigenvalue weighted by molar-refractivity contribution is 7.99. The number of aliphatic carboxylic acids is 1. The molecule has 2 aromatic heterocycles. The van der Waals surface area contributed by atoms with Gasteiger partial charge >= 0.3 is 5.97 Å². The van der Waals surface area contributed by atoms with E-state index in [0.717, 1.165) is 0 Å². The fourth-order valence-electron chi connectivity index (χ4n) is 2.56. The Hall–Kier alpha value is -2.10. The minimum Gasteiger partial charge on any atom is -0.480 e. The second-order valence-electron chi connectivity index (χ2n) is 5.82. The summed E-state index contributed by atoms with van der Waals surface area (Å²) in [5, 5.41) is 37.0. The zero-order valence-electron chi connectivity index (χ0n) is 14.0. The number of carboxylic acids is 1. The van der Waals surface area contributed by atoms with Crippen molar-refractivity contribution in [2.45, 2.75) is 37.0 Å². The second-order valence-corrected chi connectivity index (χ2v) is 6.97. The predicted octanol–water partition coefficient (Wildman–Crippen LogP) is -2.87. The van der Waals surface area contributed by atoms with Gasteiger partial charge in [-0.05, 0) is 12.2 Å². The quantitative estimate of drug-likeness (QED) is 0.294. The highest BCUT2D eigenvalue weighted by atomic mass is 32.2. The van der Waals surface area contributed by atoms with Gasteiger partial charge in [0.2, 0.25) is 0 Å². The third-order valence-electron chi connectivity index (χ3n) is 4.04. The minimum atomic E-state index is -1.23. The summed E-state index contributed by atoms with van der Waals surface area (Å²) in [7, 11) is 0. The first-order chi connectivity index (χ1) is 12.4. The van der Waals surface area contributed by atoms with Gasteiger partial charge in [-0.3, -0.25) is 4.79 Å². The number of carboxylic acid groups (broad SMARTS) is 1. The standard InChI is InChI=1S/C13H19N7O5S.H2O/c14-5(13(23)24)1-2-26-3-6-8(21)9(22)12(25-6)20-11-7(18-19-20)10(15)16-4-17-11;/h4-6,8-9,12,21-22H,1-3,14H2,(H,23,24)(H2,15,16,17);1H2/t5-,6+,8+,9+,12+;/m0./s1.